The normalized spacial score (nSPS) is 9.85. The molecule has 0 spiro atoms. The Balaban J connectivity index is 1.72. The van der Waals surface area contributed by atoms with E-state index >= 15 is 0 Å². The lowest BCUT2D eigenvalue weighted by molar-refractivity contribution is 0.0942. The average Bonchev–Trinajstić information content (AvgIpc) is 2.53. The van der Waals surface area contributed by atoms with Crippen molar-refractivity contribution in [3.05, 3.63) is 54.4 Å². The molecule has 0 fully saturated rings. The largest absolute Gasteiger partial charge is 0.497 e. The molecule has 0 aliphatic rings. The van der Waals surface area contributed by atoms with Gasteiger partial charge in [0.25, 0.3) is 5.91 Å². The predicted octanol–water partition coefficient (Wildman–Crippen LogP) is 1.90. The molecule has 5 nitrogen and oxygen atoms in total. The minimum absolute atomic E-state index is 0.205. The molecule has 5 heteroatoms. The van der Waals surface area contributed by atoms with Gasteiger partial charge in [0.05, 0.1) is 13.7 Å². The van der Waals surface area contributed by atoms with Gasteiger partial charge in [-0.2, -0.15) is 0 Å². The van der Waals surface area contributed by atoms with Gasteiger partial charge in [0.1, 0.15) is 23.8 Å². The van der Waals surface area contributed by atoms with E-state index in [1.54, 1.807) is 31.5 Å². The molecule has 0 radical (unpaired) electrons. The lowest BCUT2D eigenvalue weighted by Gasteiger charge is -2.08. The number of hydrogen-bond donors (Lipinski definition) is 1. The minimum atomic E-state index is -0.205. The standard InChI is InChI=1S/C15H16N2O3/c1-19-12-5-7-13(8-6-12)20-11-10-17-15(18)14-4-2-3-9-16-14/h2-9H,10-11H2,1H3,(H,17,18). The van der Waals surface area contributed by atoms with E-state index in [0.717, 1.165) is 11.5 Å². The number of aromatic nitrogens is 1. The van der Waals surface area contributed by atoms with Crippen LogP contribution in [0.5, 0.6) is 11.5 Å². The van der Waals surface area contributed by atoms with E-state index in [0.29, 0.717) is 18.8 Å². The van der Waals surface area contributed by atoms with Gasteiger partial charge < -0.3 is 14.8 Å². The van der Waals surface area contributed by atoms with Crippen molar-refractivity contribution in [2.45, 2.75) is 0 Å². The second-order valence-electron chi connectivity index (χ2n) is 3.99. The highest BCUT2D eigenvalue weighted by atomic mass is 16.5. The Hall–Kier alpha value is -2.56. The maximum absolute atomic E-state index is 11.7. The third kappa shape index (κ3) is 3.98. The van der Waals surface area contributed by atoms with Gasteiger partial charge in [-0.1, -0.05) is 6.07 Å². The van der Waals surface area contributed by atoms with Crippen molar-refractivity contribution in [3.8, 4) is 11.5 Å². The van der Waals surface area contributed by atoms with Crippen LogP contribution in [0.3, 0.4) is 0 Å². The summed E-state index contributed by atoms with van der Waals surface area (Å²) in [7, 11) is 1.61. The zero-order chi connectivity index (χ0) is 14.2. The molecular weight excluding hydrogens is 256 g/mol. The number of ether oxygens (including phenoxy) is 2. The highest BCUT2D eigenvalue weighted by Gasteiger charge is 2.04. The topological polar surface area (TPSA) is 60.5 Å². The molecule has 104 valence electrons. The summed E-state index contributed by atoms with van der Waals surface area (Å²) in [4.78, 5) is 15.7. The summed E-state index contributed by atoms with van der Waals surface area (Å²) < 4.78 is 10.6. The molecule has 0 bridgehead atoms. The fourth-order valence-electron chi connectivity index (χ4n) is 1.59. The van der Waals surface area contributed by atoms with Crippen molar-refractivity contribution >= 4 is 5.91 Å². The number of nitrogens with one attached hydrogen (secondary N) is 1. The average molecular weight is 272 g/mol. The van der Waals surface area contributed by atoms with Gasteiger partial charge in [-0.15, -0.1) is 0 Å². The number of pyridine rings is 1. The Bertz CT molecular complexity index is 541. The van der Waals surface area contributed by atoms with Gasteiger partial charge in [-0.25, -0.2) is 0 Å². The van der Waals surface area contributed by atoms with Crippen molar-refractivity contribution in [1.82, 2.24) is 10.3 Å². The number of rotatable bonds is 6. The lowest BCUT2D eigenvalue weighted by atomic mass is 10.3. The Morgan fingerprint density at radius 2 is 1.90 bits per heavy atom. The molecule has 1 N–H and O–H groups in total. The first-order chi connectivity index (χ1) is 9.79. The quantitative estimate of drug-likeness (QED) is 0.816. The van der Waals surface area contributed by atoms with Crippen LogP contribution in [0.15, 0.2) is 48.7 Å². The third-order valence-corrected chi connectivity index (χ3v) is 2.61. The second-order valence-corrected chi connectivity index (χ2v) is 3.99. The molecule has 0 saturated carbocycles. The monoisotopic (exact) mass is 272 g/mol. The Morgan fingerprint density at radius 3 is 2.55 bits per heavy atom. The van der Waals surface area contributed by atoms with Crippen LogP contribution in [0.25, 0.3) is 0 Å². The number of carbonyl (C=O) groups excluding carboxylic acids is 1. The smallest absolute Gasteiger partial charge is 0.269 e. The fraction of sp³-hybridized carbons (Fsp3) is 0.200. The van der Waals surface area contributed by atoms with Crippen molar-refractivity contribution in [3.63, 3.8) is 0 Å². The maximum Gasteiger partial charge on any atom is 0.269 e. The second kappa shape index (κ2) is 7.13. The minimum Gasteiger partial charge on any atom is -0.497 e. The number of benzene rings is 1. The molecule has 0 unspecified atom stereocenters. The molecule has 2 rings (SSSR count). The fourth-order valence-corrected chi connectivity index (χ4v) is 1.59. The van der Waals surface area contributed by atoms with Gasteiger partial charge in [0.15, 0.2) is 0 Å². The zero-order valence-corrected chi connectivity index (χ0v) is 11.2. The van der Waals surface area contributed by atoms with Crippen LogP contribution in [-0.4, -0.2) is 31.2 Å². The van der Waals surface area contributed by atoms with Gasteiger partial charge >= 0.3 is 0 Å². The highest BCUT2D eigenvalue weighted by Crippen LogP contribution is 2.16. The van der Waals surface area contributed by atoms with E-state index in [1.165, 1.54) is 0 Å². The number of nitrogens with zero attached hydrogens (tertiary/aromatic N) is 1. The molecule has 1 heterocycles. The van der Waals surface area contributed by atoms with E-state index in [1.807, 2.05) is 24.3 Å². The van der Waals surface area contributed by atoms with E-state index in [-0.39, 0.29) is 5.91 Å². The molecule has 1 aromatic heterocycles. The molecule has 2 aromatic rings. The molecule has 1 amide bonds. The van der Waals surface area contributed by atoms with Crippen molar-refractivity contribution < 1.29 is 14.3 Å². The van der Waals surface area contributed by atoms with Gasteiger partial charge in [-0.05, 0) is 36.4 Å². The molecule has 0 atom stereocenters. The highest BCUT2D eigenvalue weighted by molar-refractivity contribution is 5.92. The summed E-state index contributed by atoms with van der Waals surface area (Å²) in [5.41, 5.74) is 0.400. The van der Waals surface area contributed by atoms with E-state index in [4.69, 9.17) is 9.47 Å². The van der Waals surface area contributed by atoms with Crippen LogP contribution in [0, 0.1) is 0 Å². The summed E-state index contributed by atoms with van der Waals surface area (Å²) in [6.45, 7) is 0.812. The molecule has 1 aromatic carbocycles. The number of hydrogen-bond acceptors (Lipinski definition) is 4. The molecule has 0 saturated heterocycles. The Kier molecular flexibility index (Phi) is 4.94. The summed E-state index contributed by atoms with van der Waals surface area (Å²) in [6, 6.07) is 12.5. The molecule has 0 aliphatic carbocycles. The van der Waals surface area contributed by atoms with E-state index in [2.05, 4.69) is 10.3 Å². The van der Waals surface area contributed by atoms with Crippen molar-refractivity contribution in [2.24, 2.45) is 0 Å². The van der Waals surface area contributed by atoms with E-state index < -0.39 is 0 Å². The first-order valence-electron chi connectivity index (χ1n) is 6.25. The molecule has 0 aliphatic heterocycles. The number of methoxy groups -OCH3 is 1. The van der Waals surface area contributed by atoms with Crippen LogP contribution >= 0.6 is 0 Å². The summed E-state index contributed by atoms with van der Waals surface area (Å²) in [5, 5.41) is 2.74. The molecule has 20 heavy (non-hydrogen) atoms. The van der Waals surface area contributed by atoms with Crippen molar-refractivity contribution in [1.29, 1.82) is 0 Å². The summed E-state index contributed by atoms with van der Waals surface area (Å²) >= 11 is 0. The molecular formula is C15H16N2O3. The lowest BCUT2D eigenvalue weighted by Crippen LogP contribution is -2.28. The van der Waals surface area contributed by atoms with Crippen molar-refractivity contribution in [2.75, 3.05) is 20.3 Å². The predicted molar refractivity (Wildman–Crippen MR) is 75.1 cm³/mol. The zero-order valence-electron chi connectivity index (χ0n) is 11.2. The van der Waals surface area contributed by atoms with Gasteiger partial charge in [0.2, 0.25) is 0 Å². The van der Waals surface area contributed by atoms with Crippen LogP contribution < -0.4 is 14.8 Å². The van der Waals surface area contributed by atoms with Crippen LogP contribution in [0.2, 0.25) is 0 Å². The maximum atomic E-state index is 11.7. The van der Waals surface area contributed by atoms with Crippen LogP contribution in [-0.2, 0) is 0 Å². The first kappa shape index (κ1) is 13.9. The summed E-state index contributed by atoms with van der Waals surface area (Å²) in [6.07, 6.45) is 1.59. The summed E-state index contributed by atoms with van der Waals surface area (Å²) in [5.74, 6) is 1.31. The Labute approximate surface area is 117 Å². The van der Waals surface area contributed by atoms with Gasteiger partial charge in [0, 0.05) is 6.20 Å². The van der Waals surface area contributed by atoms with E-state index in [9.17, 15) is 4.79 Å². The SMILES string of the molecule is COc1ccc(OCCNC(=O)c2ccccn2)cc1. The first-order valence-corrected chi connectivity index (χ1v) is 6.25. The number of carbonyl (C=O) groups is 1. The van der Waals surface area contributed by atoms with Crippen LogP contribution in [0.4, 0.5) is 0 Å². The Morgan fingerprint density at radius 1 is 1.15 bits per heavy atom. The number of amides is 1. The third-order valence-electron chi connectivity index (χ3n) is 2.61. The van der Waals surface area contributed by atoms with Gasteiger partial charge in [-0.3, -0.25) is 9.78 Å². The van der Waals surface area contributed by atoms with Crippen LogP contribution in [0.1, 0.15) is 10.5 Å².